The lowest BCUT2D eigenvalue weighted by Gasteiger charge is -2.03. The molecule has 106 valence electrons. The van der Waals surface area contributed by atoms with Gasteiger partial charge in [0.2, 0.25) is 5.82 Å². The molecule has 1 N–H and O–H groups in total. The molecule has 0 fully saturated rings. The molecule has 3 aromatic rings. The number of phenols is 1. The molecule has 0 aliphatic carbocycles. The second kappa shape index (κ2) is 5.24. The van der Waals surface area contributed by atoms with E-state index in [1.807, 2.05) is 0 Å². The number of hydrogen-bond acceptors (Lipinski definition) is 5. The summed E-state index contributed by atoms with van der Waals surface area (Å²) < 4.78 is 23.4. The van der Waals surface area contributed by atoms with E-state index in [1.54, 1.807) is 24.3 Å². The van der Waals surface area contributed by atoms with Crippen molar-refractivity contribution in [1.82, 2.24) is 10.1 Å². The van der Waals surface area contributed by atoms with Gasteiger partial charge in [0.15, 0.2) is 11.5 Å². The Bertz CT molecular complexity index is 786. The number of aromatic nitrogens is 2. The molecule has 1 aromatic heterocycles. The Kier molecular flexibility index (Phi) is 3.27. The molecule has 0 radical (unpaired) electrons. The largest absolute Gasteiger partial charge is 0.504 e. The van der Waals surface area contributed by atoms with Gasteiger partial charge in [0.05, 0.1) is 7.11 Å². The molecule has 0 unspecified atom stereocenters. The Balaban J connectivity index is 1.98. The molecule has 1 heterocycles. The zero-order valence-corrected chi connectivity index (χ0v) is 11.1. The van der Waals surface area contributed by atoms with Gasteiger partial charge in [-0.2, -0.15) is 4.98 Å². The van der Waals surface area contributed by atoms with Gasteiger partial charge in [-0.1, -0.05) is 17.3 Å². The number of aromatic hydroxyl groups is 1. The van der Waals surface area contributed by atoms with E-state index in [0.717, 1.165) is 0 Å². The van der Waals surface area contributed by atoms with Gasteiger partial charge < -0.3 is 14.4 Å². The zero-order valence-electron chi connectivity index (χ0n) is 11.1. The molecule has 0 aliphatic heterocycles. The van der Waals surface area contributed by atoms with Crippen LogP contribution in [0.5, 0.6) is 11.5 Å². The molecule has 0 saturated heterocycles. The van der Waals surface area contributed by atoms with Crippen molar-refractivity contribution in [3.05, 3.63) is 48.3 Å². The maximum Gasteiger partial charge on any atom is 0.258 e. The van der Waals surface area contributed by atoms with E-state index in [9.17, 15) is 9.50 Å². The number of nitrogens with zero attached hydrogens (tertiary/aromatic N) is 2. The van der Waals surface area contributed by atoms with Crippen molar-refractivity contribution in [2.75, 3.05) is 7.11 Å². The molecular formula is C15H11FN2O3. The molecule has 2 aromatic carbocycles. The lowest BCUT2D eigenvalue weighted by Crippen LogP contribution is -1.86. The summed E-state index contributed by atoms with van der Waals surface area (Å²) in [6.07, 6.45) is 0. The van der Waals surface area contributed by atoms with Gasteiger partial charge in [0.25, 0.3) is 5.89 Å². The predicted octanol–water partition coefficient (Wildman–Crippen LogP) is 3.26. The average Bonchev–Trinajstić information content (AvgIpc) is 2.97. The van der Waals surface area contributed by atoms with E-state index in [1.165, 1.54) is 25.3 Å². The molecular weight excluding hydrogens is 275 g/mol. The van der Waals surface area contributed by atoms with Crippen molar-refractivity contribution in [2.24, 2.45) is 0 Å². The molecule has 6 heteroatoms. The molecule has 5 nitrogen and oxygen atoms in total. The van der Waals surface area contributed by atoms with Crippen LogP contribution in [0.15, 0.2) is 47.0 Å². The monoisotopic (exact) mass is 286 g/mol. The smallest absolute Gasteiger partial charge is 0.258 e. The molecule has 21 heavy (non-hydrogen) atoms. The number of hydrogen-bond donors (Lipinski definition) is 1. The summed E-state index contributed by atoms with van der Waals surface area (Å²) in [7, 11) is 1.45. The van der Waals surface area contributed by atoms with E-state index in [0.29, 0.717) is 16.9 Å². The van der Waals surface area contributed by atoms with E-state index < -0.39 is 0 Å². The fourth-order valence-corrected chi connectivity index (χ4v) is 1.90. The quantitative estimate of drug-likeness (QED) is 0.800. The van der Waals surface area contributed by atoms with Gasteiger partial charge >= 0.3 is 0 Å². The number of phenolic OH excluding ortho intramolecular Hbond substituents is 1. The number of ether oxygens (including phenoxy) is 1. The zero-order chi connectivity index (χ0) is 14.8. The van der Waals surface area contributed by atoms with Crippen LogP contribution in [-0.4, -0.2) is 22.4 Å². The SMILES string of the molecule is COc1cc(-c2nc(-c3cccc(F)c3)no2)ccc1O. The summed E-state index contributed by atoms with van der Waals surface area (Å²) >= 11 is 0. The summed E-state index contributed by atoms with van der Waals surface area (Å²) in [5.74, 6) is 0.499. The molecule has 0 bridgehead atoms. The number of benzene rings is 2. The van der Waals surface area contributed by atoms with Crippen LogP contribution < -0.4 is 4.74 Å². The number of rotatable bonds is 3. The Hall–Kier alpha value is -2.89. The molecule has 0 amide bonds. The number of halogens is 1. The fraction of sp³-hybridized carbons (Fsp3) is 0.0667. The first-order valence-corrected chi connectivity index (χ1v) is 6.14. The van der Waals surface area contributed by atoms with Crippen LogP contribution in [0, 0.1) is 5.82 Å². The third kappa shape index (κ3) is 2.55. The summed E-state index contributed by atoms with van der Waals surface area (Å²) in [6, 6.07) is 10.6. The summed E-state index contributed by atoms with van der Waals surface area (Å²) in [4.78, 5) is 4.22. The second-order valence-electron chi connectivity index (χ2n) is 4.32. The van der Waals surface area contributed by atoms with Gasteiger partial charge in [-0.05, 0) is 30.3 Å². The second-order valence-corrected chi connectivity index (χ2v) is 4.32. The predicted molar refractivity (Wildman–Crippen MR) is 73.3 cm³/mol. The molecule has 0 spiro atoms. The van der Waals surface area contributed by atoms with Crippen molar-refractivity contribution in [1.29, 1.82) is 0 Å². The number of methoxy groups -OCH3 is 1. The standard InChI is InChI=1S/C15H11FN2O3/c1-20-13-8-10(5-6-12(13)19)15-17-14(18-21-15)9-3-2-4-11(16)7-9/h2-8,19H,1H3. The van der Waals surface area contributed by atoms with Crippen LogP contribution in [0.3, 0.4) is 0 Å². The maximum atomic E-state index is 13.2. The molecule has 0 atom stereocenters. The van der Waals surface area contributed by atoms with Crippen molar-refractivity contribution >= 4 is 0 Å². The van der Waals surface area contributed by atoms with Crippen LogP contribution in [0.25, 0.3) is 22.8 Å². The highest BCUT2D eigenvalue weighted by molar-refractivity contribution is 5.62. The third-order valence-electron chi connectivity index (χ3n) is 2.94. The van der Waals surface area contributed by atoms with Gasteiger partial charge in [0.1, 0.15) is 5.82 Å². The minimum Gasteiger partial charge on any atom is -0.504 e. The first-order valence-electron chi connectivity index (χ1n) is 6.14. The molecule has 3 rings (SSSR count). The van der Waals surface area contributed by atoms with E-state index in [2.05, 4.69) is 10.1 Å². The highest BCUT2D eigenvalue weighted by atomic mass is 19.1. The van der Waals surface area contributed by atoms with Gasteiger partial charge in [-0.3, -0.25) is 0 Å². The van der Waals surface area contributed by atoms with E-state index in [4.69, 9.17) is 9.26 Å². The van der Waals surface area contributed by atoms with Crippen molar-refractivity contribution in [3.63, 3.8) is 0 Å². The Labute approximate surface area is 119 Å². The normalized spacial score (nSPS) is 10.6. The van der Waals surface area contributed by atoms with Crippen LogP contribution in [-0.2, 0) is 0 Å². The maximum absolute atomic E-state index is 13.2. The van der Waals surface area contributed by atoms with Gasteiger partial charge in [-0.25, -0.2) is 4.39 Å². The van der Waals surface area contributed by atoms with Crippen molar-refractivity contribution in [3.8, 4) is 34.3 Å². The first kappa shape index (κ1) is 13.1. The first-order chi connectivity index (χ1) is 10.2. The van der Waals surface area contributed by atoms with Crippen LogP contribution in [0.1, 0.15) is 0 Å². The minimum absolute atomic E-state index is 0.0196. The fourth-order valence-electron chi connectivity index (χ4n) is 1.90. The molecule has 0 saturated carbocycles. The lowest BCUT2D eigenvalue weighted by molar-refractivity contribution is 0.373. The topological polar surface area (TPSA) is 68.4 Å². The Morgan fingerprint density at radius 1 is 1.14 bits per heavy atom. The Morgan fingerprint density at radius 2 is 2.00 bits per heavy atom. The highest BCUT2D eigenvalue weighted by Gasteiger charge is 2.13. The van der Waals surface area contributed by atoms with Gasteiger partial charge in [-0.15, -0.1) is 0 Å². The van der Waals surface area contributed by atoms with Crippen LogP contribution in [0.2, 0.25) is 0 Å². The van der Waals surface area contributed by atoms with Crippen molar-refractivity contribution < 1.29 is 18.8 Å². The van der Waals surface area contributed by atoms with E-state index >= 15 is 0 Å². The van der Waals surface area contributed by atoms with E-state index in [-0.39, 0.29) is 23.3 Å². The van der Waals surface area contributed by atoms with Crippen LogP contribution in [0.4, 0.5) is 4.39 Å². The van der Waals surface area contributed by atoms with Gasteiger partial charge in [0, 0.05) is 11.1 Å². The molecule has 0 aliphatic rings. The summed E-state index contributed by atoms with van der Waals surface area (Å²) in [6.45, 7) is 0. The average molecular weight is 286 g/mol. The van der Waals surface area contributed by atoms with Crippen molar-refractivity contribution in [2.45, 2.75) is 0 Å². The third-order valence-corrected chi connectivity index (χ3v) is 2.94. The Morgan fingerprint density at radius 3 is 2.76 bits per heavy atom. The van der Waals surface area contributed by atoms with Crippen LogP contribution >= 0.6 is 0 Å². The summed E-state index contributed by atoms with van der Waals surface area (Å²) in [5.41, 5.74) is 1.12. The highest BCUT2D eigenvalue weighted by Crippen LogP contribution is 2.31. The summed E-state index contributed by atoms with van der Waals surface area (Å²) in [5, 5.41) is 13.4. The lowest BCUT2D eigenvalue weighted by atomic mass is 10.2. The minimum atomic E-state index is -0.370.